The predicted octanol–water partition coefficient (Wildman–Crippen LogP) is 3.54. The Hall–Kier alpha value is -1.82. The second-order valence-corrected chi connectivity index (χ2v) is 6.72. The van der Waals surface area contributed by atoms with Gasteiger partial charge in [-0.1, -0.05) is 43.8 Å². The molecule has 0 unspecified atom stereocenters. The fraction of sp³-hybridized carbons (Fsp3) is 0.471. The Morgan fingerprint density at radius 1 is 1.30 bits per heavy atom. The molecule has 1 heterocycles. The van der Waals surface area contributed by atoms with Crippen molar-refractivity contribution in [2.24, 2.45) is 0 Å². The van der Waals surface area contributed by atoms with Crippen LogP contribution in [0.3, 0.4) is 0 Å². The molecule has 0 radical (unpaired) electrons. The summed E-state index contributed by atoms with van der Waals surface area (Å²) < 4.78 is 0. The van der Waals surface area contributed by atoms with Gasteiger partial charge in [0, 0.05) is 11.6 Å². The lowest BCUT2D eigenvalue weighted by Crippen LogP contribution is -2.16. The molecule has 6 heteroatoms. The minimum Gasteiger partial charge on any atom is -0.325 e. The number of hydrogen-bond donors (Lipinski definition) is 2. The van der Waals surface area contributed by atoms with Gasteiger partial charge in [-0.05, 0) is 36.8 Å². The first-order valence-corrected chi connectivity index (χ1v) is 9.15. The normalized spacial score (nSPS) is 14.0. The van der Waals surface area contributed by atoms with E-state index >= 15 is 0 Å². The van der Waals surface area contributed by atoms with Gasteiger partial charge in [0.15, 0.2) is 0 Å². The van der Waals surface area contributed by atoms with Gasteiger partial charge in [0.2, 0.25) is 11.1 Å². The largest absolute Gasteiger partial charge is 0.325 e. The van der Waals surface area contributed by atoms with Crippen LogP contribution in [-0.4, -0.2) is 26.8 Å². The number of hydrogen-bond acceptors (Lipinski definition) is 4. The third kappa shape index (κ3) is 3.93. The summed E-state index contributed by atoms with van der Waals surface area (Å²) in [6, 6.07) is 6.19. The maximum atomic E-state index is 12.3. The zero-order chi connectivity index (χ0) is 16.2. The van der Waals surface area contributed by atoms with Crippen LogP contribution in [-0.2, 0) is 17.6 Å². The van der Waals surface area contributed by atoms with Gasteiger partial charge in [-0.25, -0.2) is 4.98 Å². The summed E-state index contributed by atoms with van der Waals surface area (Å²) in [5.74, 6) is 1.82. The number of aromatic nitrogens is 3. The molecule has 1 aromatic heterocycles. The summed E-state index contributed by atoms with van der Waals surface area (Å²) in [6.07, 6.45) is 4.19. The number of aryl methyl sites for hydroxylation is 2. The number of carbonyl (C=O) groups excluding carboxylic acids is 1. The highest BCUT2D eigenvalue weighted by molar-refractivity contribution is 7.99. The first kappa shape index (κ1) is 16.1. The summed E-state index contributed by atoms with van der Waals surface area (Å²) in [6.45, 7) is 4.21. The van der Waals surface area contributed by atoms with Crippen LogP contribution in [0.4, 0.5) is 5.69 Å². The Morgan fingerprint density at radius 2 is 2.00 bits per heavy atom. The lowest BCUT2D eigenvalue weighted by Gasteiger charge is -2.14. The number of anilines is 1. The highest BCUT2D eigenvalue weighted by Crippen LogP contribution is 2.38. The molecule has 0 spiro atoms. The van der Waals surface area contributed by atoms with Crippen molar-refractivity contribution in [3.8, 4) is 0 Å². The molecule has 5 nitrogen and oxygen atoms in total. The molecular formula is C17H22N4OS. The Morgan fingerprint density at radius 3 is 2.61 bits per heavy atom. The summed E-state index contributed by atoms with van der Waals surface area (Å²) in [5.41, 5.74) is 3.32. The van der Waals surface area contributed by atoms with Crippen molar-refractivity contribution in [2.75, 3.05) is 11.1 Å². The first-order chi connectivity index (χ1) is 11.2. The average Bonchev–Trinajstić information content (AvgIpc) is 3.31. The van der Waals surface area contributed by atoms with Crippen molar-refractivity contribution in [3.05, 3.63) is 35.2 Å². The van der Waals surface area contributed by atoms with Crippen molar-refractivity contribution in [1.29, 1.82) is 0 Å². The molecule has 1 saturated carbocycles. The number of thioether (sulfide) groups is 1. The van der Waals surface area contributed by atoms with Gasteiger partial charge in [0.25, 0.3) is 0 Å². The Kier molecular flexibility index (Phi) is 5.00. The molecule has 1 aliphatic rings. The number of para-hydroxylation sites is 1. The van der Waals surface area contributed by atoms with E-state index in [0.29, 0.717) is 16.8 Å². The first-order valence-electron chi connectivity index (χ1n) is 8.17. The molecule has 1 aromatic carbocycles. The van der Waals surface area contributed by atoms with E-state index in [2.05, 4.69) is 52.5 Å². The molecule has 2 N–H and O–H groups in total. The molecule has 0 saturated heterocycles. The van der Waals surface area contributed by atoms with Gasteiger partial charge in [0.05, 0.1) is 5.75 Å². The fourth-order valence-electron chi connectivity index (χ4n) is 2.57. The predicted molar refractivity (Wildman–Crippen MR) is 92.9 cm³/mol. The zero-order valence-electron chi connectivity index (χ0n) is 13.6. The van der Waals surface area contributed by atoms with Crippen LogP contribution in [0.5, 0.6) is 0 Å². The maximum Gasteiger partial charge on any atom is 0.234 e. The van der Waals surface area contributed by atoms with E-state index in [1.54, 1.807) is 0 Å². The molecule has 1 amide bonds. The van der Waals surface area contributed by atoms with Gasteiger partial charge in [-0.2, -0.15) is 0 Å². The number of nitrogens with one attached hydrogen (secondary N) is 2. The van der Waals surface area contributed by atoms with Gasteiger partial charge < -0.3 is 5.32 Å². The zero-order valence-corrected chi connectivity index (χ0v) is 14.4. The summed E-state index contributed by atoms with van der Waals surface area (Å²) in [7, 11) is 0. The minimum absolute atomic E-state index is 0.0108. The third-order valence-electron chi connectivity index (χ3n) is 4.04. The topological polar surface area (TPSA) is 70.7 Å². The van der Waals surface area contributed by atoms with Gasteiger partial charge in [-0.3, -0.25) is 9.89 Å². The fourth-order valence-corrected chi connectivity index (χ4v) is 3.18. The second kappa shape index (κ2) is 7.17. The van der Waals surface area contributed by atoms with Crippen LogP contribution in [0.1, 0.15) is 49.6 Å². The molecule has 1 fully saturated rings. The van der Waals surface area contributed by atoms with E-state index in [4.69, 9.17) is 0 Å². The molecule has 2 aromatic rings. The Balaban J connectivity index is 1.60. The molecule has 0 atom stereocenters. The van der Waals surface area contributed by atoms with Crippen LogP contribution in [0, 0.1) is 0 Å². The lowest BCUT2D eigenvalue weighted by atomic mass is 10.0. The molecule has 122 valence electrons. The van der Waals surface area contributed by atoms with E-state index in [1.807, 2.05) is 0 Å². The average molecular weight is 330 g/mol. The monoisotopic (exact) mass is 330 g/mol. The smallest absolute Gasteiger partial charge is 0.234 e. The van der Waals surface area contributed by atoms with Crippen LogP contribution < -0.4 is 5.32 Å². The Labute approximate surface area is 140 Å². The van der Waals surface area contributed by atoms with E-state index in [9.17, 15) is 4.79 Å². The molecule has 23 heavy (non-hydrogen) atoms. The van der Waals surface area contributed by atoms with Crippen LogP contribution in [0.2, 0.25) is 0 Å². The summed E-state index contributed by atoms with van der Waals surface area (Å²) in [5, 5.41) is 10.9. The second-order valence-electron chi connectivity index (χ2n) is 5.77. The van der Waals surface area contributed by atoms with E-state index in [1.165, 1.54) is 35.7 Å². The van der Waals surface area contributed by atoms with Crippen molar-refractivity contribution >= 4 is 23.4 Å². The lowest BCUT2D eigenvalue weighted by molar-refractivity contribution is -0.113. The summed E-state index contributed by atoms with van der Waals surface area (Å²) in [4.78, 5) is 16.7. The van der Waals surface area contributed by atoms with Crippen LogP contribution in [0.15, 0.2) is 23.4 Å². The third-order valence-corrected chi connectivity index (χ3v) is 4.89. The van der Waals surface area contributed by atoms with Gasteiger partial charge in [0.1, 0.15) is 5.82 Å². The number of amides is 1. The van der Waals surface area contributed by atoms with Crippen molar-refractivity contribution in [3.63, 3.8) is 0 Å². The summed E-state index contributed by atoms with van der Waals surface area (Å²) >= 11 is 1.38. The Bertz CT molecular complexity index is 671. The van der Waals surface area contributed by atoms with E-state index < -0.39 is 0 Å². The molecule has 1 aliphatic carbocycles. The van der Waals surface area contributed by atoms with Gasteiger partial charge >= 0.3 is 0 Å². The molecule has 0 bridgehead atoms. The molecule has 0 aliphatic heterocycles. The number of nitrogens with zero attached hydrogens (tertiary/aromatic N) is 2. The number of aromatic amines is 1. The van der Waals surface area contributed by atoms with E-state index in [0.717, 1.165) is 24.4 Å². The highest BCUT2D eigenvalue weighted by Gasteiger charge is 2.27. The van der Waals surface area contributed by atoms with Crippen LogP contribution in [0.25, 0.3) is 0 Å². The highest BCUT2D eigenvalue weighted by atomic mass is 32.2. The number of carbonyl (C=O) groups is 1. The van der Waals surface area contributed by atoms with Gasteiger partial charge in [-0.15, -0.1) is 5.10 Å². The number of benzene rings is 1. The molecule has 3 rings (SSSR count). The molecular weight excluding hydrogens is 308 g/mol. The number of rotatable bonds is 7. The standard InChI is InChI=1S/C17H22N4OS/c1-3-11-6-5-7-12(4-2)15(11)18-14(22)10-23-17-19-16(20-21-17)13-8-9-13/h5-7,13H,3-4,8-10H2,1-2H3,(H,18,22)(H,19,20,21). The number of H-pyrrole nitrogens is 1. The van der Waals surface area contributed by atoms with E-state index in [-0.39, 0.29) is 5.91 Å². The van der Waals surface area contributed by atoms with Crippen molar-refractivity contribution < 1.29 is 4.79 Å². The SMILES string of the molecule is CCc1cccc(CC)c1NC(=O)CSc1n[nH]c(C2CC2)n1. The van der Waals surface area contributed by atoms with Crippen molar-refractivity contribution in [1.82, 2.24) is 15.2 Å². The van der Waals surface area contributed by atoms with Crippen LogP contribution >= 0.6 is 11.8 Å². The quantitative estimate of drug-likeness (QED) is 0.762. The van der Waals surface area contributed by atoms with Crippen molar-refractivity contribution in [2.45, 2.75) is 50.6 Å². The minimum atomic E-state index is -0.0108. The maximum absolute atomic E-state index is 12.3.